The Hall–Kier alpha value is -2.06. The molecule has 3 rings (SSSR count). The second-order valence-corrected chi connectivity index (χ2v) is 5.41. The van der Waals surface area contributed by atoms with Crippen LogP contribution < -0.4 is 10.1 Å². The Morgan fingerprint density at radius 2 is 2.26 bits per heavy atom. The Morgan fingerprint density at radius 1 is 1.43 bits per heavy atom. The number of ether oxygens (including phenoxy) is 1. The molecule has 1 fully saturated rings. The molecule has 6 nitrogen and oxygen atoms in total. The van der Waals surface area contributed by atoms with E-state index < -0.39 is 6.61 Å². The third kappa shape index (κ3) is 3.83. The Bertz CT molecular complexity index is 650. The summed E-state index contributed by atoms with van der Waals surface area (Å²) in [5.74, 6) is 1.10. The van der Waals surface area contributed by atoms with Crippen LogP contribution in [0.4, 0.5) is 8.78 Å². The van der Waals surface area contributed by atoms with Crippen molar-refractivity contribution in [3.63, 3.8) is 0 Å². The summed E-state index contributed by atoms with van der Waals surface area (Å²) in [5.41, 5.74) is 0.582. The van der Waals surface area contributed by atoms with Gasteiger partial charge in [0, 0.05) is 25.2 Å². The maximum Gasteiger partial charge on any atom is 0.387 e. The van der Waals surface area contributed by atoms with Gasteiger partial charge in [0.2, 0.25) is 5.89 Å². The van der Waals surface area contributed by atoms with Crippen molar-refractivity contribution in [1.82, 2.24) is 20.4 Å². The lowest BCUT2D eigenvalue weighted by atomic mass is 10.1. The quantitative estimate of drug-likeness (QED) is 0.905. The summed E-state index contributed by atoms with van der Waals surface area (Å²) in [7, 11) is 2.01. The maximum atomic E-state index is 12.4. The summed E-state index contributed by atoms with van der Waals surface area (Å²) in [5, 5.41) is 7.31. The summed E-state index contributed by atoms with van der Waals surface area (Å²) in [6.07, 6.45) is 0.250. The van der Waals surface area contributed by atoms with Gasteiger partial charge in [-0.05, 0) is 13.1 Å². The number of hydrogen-bond donors (Lipinski definition) is 1. The smallest absolute Gasteiger partial charge is 0.387 e. The fraction of sp³-hybridized carbons (Fsp3) is 0.467. The molecular weight excluding hydrogens is 306 g/mol. The number of benzene rings is 1. The molecular formula is C15H18F2N4O2. The van der Waals surface area contributed by atoms with E-state index in [0.717, 1.165) is 19.6 Å². The fourth-order valence-electron chi connectivity index (χ4n) is 2.59. The number of nitrogens with one attached hydrogen (secondary N) is 1. The second kappa shape index (κ2) is 7.01. The van der Waals surface area contributed by atoms with Crippen molar-refractivity contribution in [3.05, 3.63) is 41.5 Å². The van der Waals surface area contributed by atoms with E-state index in [9.17, 15) is 8.78 Å². The van der Waals surface area contributed by atoms with E-state index in [0.29, 0.717) is 17.3 Å². The second-order valence-electron chi connectivity index (χ2n) is 5.41. The molecule has 2 heterocycles. The van der Waals surface area contributed by atoms with E-state index in [4.69, 9.17) is 4.52 Å². The average Bonchev–Trinajstić information content (AvgIpc) is 2.97. The molecule has 8 heteroatoms. The summed E-state index contributed by atoms with van der Waals surface area (Å²) in [6, 6.07) is 6.65. The first-order chi connectivity index (χ1) is 11.1. The Kier molecular flexibility index (Phi) is 4.82. The number of hydrogen-bond acceptors (Lipinski definition) is 6. The molecule has 1 atom stereocenters. The predicted octanol–water partition coefficient (Wildman–Crippen LogP) is 1.84. The molecule has 2 aromatic rings. The van der Waals surface area contributed by atoms with E-state index in [1.165, 1.54) is 6.07 Å². The number of para-hydroxylation sites is 1. The SMILES string of the molecule is CN1CCNCC1c1noc(Cc2ccccc2OC(F)F)n1. The van der Waals surface area contributed by atoms with E-state index in [-0.39, 0.29) is 18.2 Å². The number of aromatic nitrogens is 2. The Morgan fingerprint density at radius 3 is 3.04 bits per heavy atom. The van der Waals surface area contributed by atoms with E-state index in [1.807, 2.05) is 7.05 Å². The molecule has 0 spiro atoms. The minimum absolute atomic E-state index is 0.0498. The molecule has 1 aliphatic heterocycles. The number of halogens is 2. The molecule has 1 aromatic heterocycles. The van der Waals surface area contributed by atoms with E-state index in [2.05, 4.69) is 25.1 Å². The van der Waals surface area contributed by atoms with Gasteiger partial charge in [-0.2, -0.15) is 13.8 Å². The Balaban J connectivity index is 1.74. The molecule has 23 heavy (non-hydrogen) atoms. The van der Waals surface area contributed by atoms with Gasteiger partial charge in [0.05, 0.1) is 12.5 Å². The van der Waals surface area contributed by atoms with Crippen molar-refractivity contribution in [2.45, 2.75) is 19.1 Å². The van der Waals surface area contributed by atoms with Crippen LogP contribution >= 0.6 is 0 Å². The van der Waals surface area contributed by atoms with Crippen LogP contribution in [0.15, 0.2) is 28.8 Å². The van der Waals surface area contributed by atoms with Crippen molar-refractivity contribution in [1.29, 1.82) is 0 Å². The molecule has 0 bridgehead atoms. The highest BCUT2D eigenvalue weighted by atomic mass is 19.3. The van der Waals surface area contributed by atoms with Crippen LogP contribution in [-0.2, 0) is 6.42 Å². The molecule has 0 amide bonds. The number of alkyl halides is 2. The zero-order chi connectivity index (χ0) is 16.2. The molecule has 1 unspecified atom stereocenters. The lowest BCUT2D eigenvalue weighted by Gasteiger charge is -2.30. The van der Waals surface area contributed by atoms with Gasteiger partial charge in [0.25, 0.3) is 0 Å². The number of nitrogens with zero attached hydrogens (tertiary/aromatic N) is 3. The summed E-state index contributed by atoms with van der Waals surface area (Å²) >= 11 is 0. The van der Waals surface area contributed by atoms with Crippen LogP contribution in [0.25, 0.3) is 0 Å². The molecule has 124 valence electrons. The summed E-state index contributed by atoms with van der Waals surface area (Å²) in [4.78, 5) is 6.55. The zero-order valence-corrected chi connectivity index (χ0v) is 12.7. The fourth-order valence-corrected chi connectivity index (χ4v) is 2.59. The average molecular weight is 324 g/mol. The van der Waals surface area contributed by atoms with E-state index in [1.54, 1.807) is 18.2 Å². The van der Waals surface area contributed by atoms with Crippen molar-refractivity contribution >= 4 is 0 Å². The van der Waals surface area contributed by atoms with Gasteiger partial charge in [-0.3, -0.25) is 4.90 Å². The van der Waals surface area contributed by atoms with Gasteiger partial charge in [-0.25, -0.2) is 0 Å². The lowest BCUT2D eigenvalue weighted by molar-refractivity contribution is -0.0504. The number of likely N-dealkylation sites (N-methyl/N-ethyl adjacent to an activating group) is 1. The number of rotatable bonds is 5. The van der Waals surface area contributed by atoms with Gasteiger partial charge in [-0.15, -0.1) is 0 Å². The van der Waals surface area contributed by atoms with Crippen LogP contribution in [0.3, 0.4) is 0 Å². The molecule has 1 aromatic carbocycles. The van der Waals surface area contributed by atoms with Crippen LogP contribution in [0, 0.1) is 0 Å². The lowest BCUT2D eigenvalue weighted by Crippen LogP contribution is -2.44. The first-order valence-corrected chi connectivity index (χ1v) is 7.39. The molecule has 1 aliphatic rings. The standard InChI is InChI=1S/C15H18F2N4O2/c1-21-7-6-18-9-11(21)14-19-13(23-20-14)8-10-4-2-3-5-12(10)22-15(16)17/h2-5,11,15,18H,6-9H2,1H3. The van der Waals surface area contributed by atoms with Crippen molar-refractivity contribution < 1.29 is 18.0 Å². The minimum Gasteiger partial charge on any atom is -0.435 e. The van der Waals surface area contributed by atoms with Gasteiger partial charge in [-0.1, -0.05) is 23.4 Å². The van der Waals surface area contributed by atoms with Crippen LogP contribution in [0.2, 0.25) is 0 Å². The first kappa shape index (κ1) is 15.8. The van der Waals surface area contributed by atoms with E-state index >= 15 is 0 Å². The highest BCUT2D eigenvalue weighted by Gasteiger charge is 2.25. The first-order valence-electron chi connectivity index (χ1n) is 7.39. The monoisotopic (exact) mass is 324 g/mol. The third-order valence-electron chi connectivity index (χ3n) is 3.82. The molecule has 1 N–H and O–H groups in total. The predicted molar refractivity (Wildman–Crippen MR) is 78.4 cm³/mol. The molecule has 0 radical (unpaired) electrons. The van der Waals surface area contributed by atoms with Gasteiger partial charge < -0.3 is 14.6 Å². The topological polar surface area (TPSA) is 63.4 Å². The van der Waals surface area contributed by atoms with Crippen LogP contribution in [-0.4, -0.2) is 48.3 Å². The van der Waals surface area contributed by atoms with Gasteiger partial charge in [0.15, 0.2) is 5.82 Å². The maximum absolute atomic E-state index is 12.4. The van der Waals surface area contributed by atoms with Crippen molar-refractivity contribution in [2.24, 2.45) is 0 Å². The third-order valence-corrected chi connectivity index (χ3v) is 3.82. The van der Waals surface area contributed by atoms with Crippen molar-refractivity contribution in [2.75, 3.05) is 26.7 Å². The number of piperazine rings is 1. The summed E-state index contributed by atoms with van der Waals surface area (Å²) < 4.78 is 34.7. The largest absolute Gasteiger partial charge is 0.435 e. The molecule has 0 aliphatic carbocycles. The molecule has 0 saturated carbocycles. The minimum atomic E-state index is -2.86. The highest BCUT2D eigenvalue weighted by Crippen LogP contribution is 2.24. The van der Waals surface area contributed by atoms with Gasteiger partial charge in [0.1, 0.15) is 5.75 Å². The zero-order valence-electron chi connectivity index (χ0n) is 12.7. The van der Waals surface area contributed by atoms with Crippen molar-refractivity contribution in [3.8, 4) is 5.75 Å². The van der Waals surface area contributed by atoms with Crippen LogP contribution in [0.1, 0.15) is 23.3 Å². The highest BCUT2D eigenvalue weighted by molar-refractivity contribution is 5.35. The van der Waals surface area contributed by atoms with Crippen LogP contribution in [0.5, 0.6) is 5.75 Å². The Labute approximate surface area is 132 Å². The summed E-state index contributed by atoms with van der Waals surface area (Å²) in [6.45, 7) is -0.285. The normalized spacial score (nSPS) is 19.2. The molecule has 1 saturated heterocycles. The van der Waals surface area contributed by atoms with Gasteiger partial charge >= 0.3 is 6.61 Å².